The van der Waals surface area contributed by atoms with Crippen LogP contribution < -0.4 is 5.32 Å². The van der Waals surface area contributed by atoms with Gasteiger partial charge in [-0.3, -0.25) is 14.4 Å². The number of carboxylic acids is 1. The third-order valence-electron chi connectivity index (χ3n) is 7.42. The van der Waals surface area contributed by atoms with Gasteiger partial charge in [0, 0.05) is 6.42 Å². The summed E-state index contributed by atoms with van der Waals surface area (Å²) in [6.07, 6.45) is -0.366. The number of carbonyl (C=O) groups is 3. The van der Waals surface area contributed by atoms with Crippen LogP contribution in [0.25, 0.3) is 11.1 Å². The van der Waals surface area contributed by atoms with E-state index in [4.69, 9.17) is 21.4 Å². The van der Waals surface area contributed by atoms with Crippen LogP contribution in [-0.2, 0) is 25.7 Å². The SMILES string of the molecule is CCCCCC(=O)NC(C)C(=O)O.Cc1c(COC(=O)C2C(/C=C(\Cl)C(F)(F)F)C2(C)C)cccc1-c1ccccc1. The highest BCUT2D eigenvalue weighted by Crippen LogP contribution is 2.60. The van der Waals surface area contributed by atoms with Gasteiger partial charge in [0.1, 0.15) is 17.7 Å². The number of benzene rings is 2. The summed E-state index contributed by atoms with van der Waals surface area (Å²) in [5.41, 5.74) is 3.34. The van der Waals surface area contributed by atoms with E-state index >= 15 is 0 Å². The first-order chi connectivity index (χ1) is 19.6. The largest absolute Gasteiger partial charge is 0.480 e. The van der Waals surface area contributed by atoms with E-state index in [1.54, 1.807) is 13.8 Å². The van der Waals surface area contributed by atoms with Crippen molar-refractivity contribution in [2.75, 3.05) is 0 Å². The first-order valence-corrected chi connectivity index (χ1v) is 14.3. The number of carbonyl (C=O) groups excluding carboxylic acids is 2. The molecule has 1 saturated carbocycles. The van der Waals surface area contributed by atoms with Crippen molar-refractivity contribution in [3.63, 3.8) is 0 Å². The molecule has 2 aromatic carbocycles. The van der Waals surface area contributed by atoms with Crippen LogP contribution in [0, 0.1) is 24.2 Å². The van der Waals surface area contributed by atoms with Crippen molar-refractivity contribution < 1.29 is 37.4 Å². The molecule has 0 aromatic heterocycles. The zero-order valence-electron chi connectivity index (χ0n) is 24.6. The number of halogens is 4. The molecule has 0 heterocycles. The van der Waals surface area contributed by atoms with Crippen molar-refractivity contribution in [3.8, 4) is 11.1 Å². The van der Waals surface area contributed by atoms with Gasteiger partial charge in [-0.05, 0) is 53.9 Å². The highest BCUT2D eigenvalue weighted by atomic mass is 35.5. The lowest BCUT2D eigenvalue weighted by Crippen LogP contribution is -2.38. The van der Waals surface area contributed by atoms with Crippen LogP contribution in [-0.4, -0.2) is 35.2 Å². The Labute approximate surface area is 250 Å². The lowest BCUT2D eigenvalue weighted by atomic mass is 9.97. The summed E-state index contributed by atoms with van der Waals surface area (Å²) in [7, 11) is 0. The number of amides is 1. The predicted octanol–water partition coefficient (Wildman–Crippen LogP) is 7.82. The first kappa shape index (κ1) is 34.9. The molecule has 1 aliphatic rings. The topological polar surface area (TPSA) is 92.7 Å². The summed E-state index contributed by atoms with van der Waals surface area (Å²) >= 11 is 5.34. The molecule has 1 aliphatic carbocycles. The van der Waals surface area contributed by atoms with Gasteiger partial charge in [-0.15, -0.1) is 0 Å². The molecule has 2 N–H and O–H groups in total. The molecule has 230 valence electrons. The number of carboxylic acid groups (broad SMARTS) is 1. The van der Waals surface area contributed by atoms with Crippen molar-refractivity contribution in [2.45, 2.75) is 79.1 Å². The van der Waals surface area contributed by atoms with Crippen molar-refractivity contribution in [2.24, 2.45) is 17.3 Å². The molecule has 3 rings (SSSR count). The highest BCUT2D eigenvalue weighted by Gasteiger charge is 2.62. The maximum atomic E-state index is 12.7. The fourth-order valence-corrected chi connectivity index (χ4v) is 4.75. The fraction of sp³-hybridized carbons (Fsp3) is 0.469. The van der Waals surface area contributed by atoms with Crippen LogP contribution in [0.4, 0.5) is 13.2 Å². The number of aliphatic carboxylic acids is 1. The van der Waals surface area contributed by atoms with Crippen LogP contribution in [0.15, 0.2) is 59.6 Å². The molecule has 0 spiro atoms. The maximum absolute atomic E-state index is 12.7. The second-order valence-electron chi connectivity index (χ2n) is 11.0. The van der Waals surface area contributed by atoms with E-state index in [0.717, 1.165) is 47.6 Å². The van der Waals surface area contributed by atoms with E-state index < -0.39 is 46.4 Å². The third kappa shape index (κ3) is 9.89. The van der Waals surface area contributed by atoms with Crippen molar-refractivity contribution in [1.82, 2.24) is 5.32 Å². The summed E-state index contributed by atoms with van der Waals surface area (Å²) in [5, 5.41) is 9.69. The Hall–Kier alpha value is -3.33. The Morgan fingerprint density at radius 1 is 1.10 bits per heavy atom. The van der Waals surface area contributed by atoms with Gasteiger partial charge in [0.2, 0.25) is 5.91 Å². The van der Waals surface area contributed by atoms with Gasteiger partial charge in [-0.2, -0.15) is 13.2 Å². The average molecular weight is 610 g/mol. The molecule has 0 aliphatic heterocycles. The summed E-state index contributed by atoms with van der Waals surface area (Å²) in [6, 6.07) is 14.9. The molecule has 1 fully saturated rings. The molecule has 0 radical (unpaired) electrons. The standard InChI is InChI=1S/C23H22ClF3O2.C9H17NO3/c1-14-16(10-7-11-17(14)15-8-5-4-6-9-15)13-29-21(28)20-18(22(20,2)3)12-19(24)23(25,26)27;1-3-4-5-6-8(11)10-7(2)9(12)13/h4-12,18,20H,13H2,1-3H3;7H,3-6H2,1-2H3,(H,10,11)(H,12,13)/b19-12-;. The number of rotatable bonds is 11. The molecule has 0 bridgehead atoms. The molecule has 0 saturated heterocycles. The summed E-state index contributed by atoms with van der Waals surface area (Å²) in [6.45, 7) is 9.02. The van der Waals surface area contributed by atoms with Crippen LogP contribution in [0.5, 0.6) is 0 Å². The van der Waals surface area contributed by atoms with Gasteiger partial charge in [0.05, 0.1) is 5.92 Å². The maximum Gasteiger partial charge on any atom is 0.426 e. The summed E-state index contributed by atoms with van der Waals surface area (Å²) in [5.74, 6) is -2.92. The monoisotopic (exact) mass is 609 g/mol. The third-order valence-corrected chi connectivity index (χ3v) is 7.76. The van der Waals surface area contributed by atoms with Crippen molar-refractivity contribution in [3.05, 3.63) is 70.8 Å². The number of hydrogen-bond donors (Lipinski definition) is 2. The Bertz CT molecular complexity index is 1260. The number of unbranched alkanes of at least 4 members (excludes halogenated alkanes) is 2. The molecule has 6 nitrogen and oxygen atoms in total. The minimum atomic E-state index is -4.61. The molecule has 10 heteroatoms. The smallest absolute Gasteiger partial charge is 0.426 e. The fourth-order valence-electron chi connectivity index (χ4n) is 4.61. The molecule has 2 aromatic rings. The average Bonchev–Trinajstić information content (AvgIpc) is 3.47. The zero-order valence-corrected chi connectivity index (χ0v) is 25.3. The van der Waals surface area contributed by atoms with Crippen LogP contribution in [0.2, 0.25) is 0 Å². The van der Waals surface area contributed by atoms with E-state index in [9.17, 15) is 27.6 Å². The minimum absolute atomic E-state index is 0.0708. The van der Waals surface area contributed by atoms with Crippen LogP contribution in [0.1, 0.15) is 64.5 Å². The highest BCUT2D eigenvalue weighted by molar-refractivity contribution is 6.30. The number of alkyl halides is 3. The molecule has 3 unspecified atom stereocenters. The molecule has 3 atom stereocenters. The quantitative estimate of drug-likeness (QED) is 0.200. The van der Waals surface area contributed by atoms with Crippen molar-refractivity contribution in [1.29, 1.82) is 0 Å². The second kappa shape index (κ2) is 15.2. The van der Waals surface area contributed by atoms with Gasteiger partial charge in [-0.25, -0.2) is 0 Å². The number of nitrogens with one attached hydrogen (secondary N) is 1. The zero-order chi connectivity index (χ0) is 31.7. The normalized spacial score (nSPS) is 18.3. The van der Waals surface area contributed by atoms with E-state index in [0.29, 0.717) is 6.42 Å². The Balaban J connectivity index is 0.000000401. The van der Waals surface area contributed by atoms with Crippen molar-refractivity contribution >= 4 is 29.4 Å². The predicted molar refractivity (Wildman–Crippen MR) is 157 cm³/mol. The van der Waals surface area contributed by atoms with E-state index in [-0.39, 0.29) is 12.5 Å². The van der Waals surface area contributed by atoms with Gasteiger partial charge in [-0.1, -0.05) is 99.8 Å². The molecular weight excluding hydrogens is 571 g/mol. The lowest BCUT2D eigenvalue weighted by Gasteiger charge is -2.12. The minimum Gasteiger partial charge on any atom is -0.480 e. The number of allylic oxidation sites excluding steroid dienone is 2. The Kier molecular flexibility index (Phi) is 12.6. The Morgan fingerprint density at radius 2 is 1.74 bits per heavy atom. The number of ether oxygens (including phenoxy) is 1. The number of esters is 1. The van der Waals surface area contributed by atoms with Gasteiger partial charge in [0.15, 0.2) is 0 Å². The van der Waals surface area contributed by atoms with Gasteiger partial charge in [0.25, 0.3) is 0 Å². The Morgan fingerprint density at radius 3 is 2.31 bits per heavy atom. The van der Waals surface area contributed by atoms with Gasteiger partial charge < -0.3 is 15.2 Å². The lowest BCUT2D eigenvalue weighted by molar-refractivity contribution is -0.147. The van der Waals surface area contributed by atoms with Crippen LogP contribution >= 0.6 is 11.6 Å². The molecule has 1 amide bonds. The molecule has 42 heavy (non-hydrogen) atoms. The van der Waals surface area contributed by atoms with Gasteiger partial charge >= 0.3 is 18.1 Å². The first-order valence-electron chi connectivity index (χ1n) is 13.9. The summed E-state index contributed by atoms with van der Waals surface area (Å²) < 4.78 is 43.5. The van der Waals surface area contributed by atoms with Crippen LogP contribution in [0.3, 0.4) is 0 Å². The second-order valence-corrected chi connectivity index (χ2v) is 11.4. The van der Waals surface area contributed by atoms with E-state index in [1.165, 1.54) is 6.92 Å². The number of hydrogen-bond acceptors (Lipinski definition) is 4. The summed E-state index contributed by atoms with van der Waals surface area (Å²) in [4.78, 5) is 33.9. The van der Waals surface area contributed by atoms with E-state index in [1.807, 2.05) is 55.5 Å². The molecular formula is C32H39ClF3NO5. The van der Waals surface area contributed by atoms with E-state index in [2.05, 4.69) is 12.2 Å².